The van der Waals surface area contributed by atoms with E-state index < -0.39 is 4.92 Å². The third-order valence-corrected chi connectivity index (χ3v) is 2.90. The number of hydrogen-bond acceptors (Lipinski definition) is 3. The zero-order valence-corrected chi connectivity index (χ0v) is 8.41. The Balaban J connectivity index is 2.50. The largest absolute Gasteiger partial charge is 0.306 e. The van der Waals surface area contributed by atoms with Crippen LogP contribution in [0.3, 0.4) is 0 Å². The van der Waals surface area contributed by atoms with Crippen LogP contribution in [-0.4, -0.2) is 9.91 Å². The number of rotatable bonds is 2. The van der Waals surface area contributed by atoms with Gasteiger partial charge in [-0.15, -0.1) is 0 Å². The normalized spacial score (nSPS) is 15.6. The van der Waals surface area contributed by atoms with Gasteiger partial charge in [0.2, 0.25) is 0 Å². The number of pyridine rings is 1. The van der Waals surface area contributed by atoms with Gasteiger partial charge in [0, 0.05) is 11.6 Å². The van der Waals surface area contributed by atoms with Crippen molar-refractivity contribution in [1.82, 2.24) is 4.98 Å². The van der Waals surface area contributed by atoms with Crippen LogP contribution in [0.5, 0.6) is 0 Å². The van der Waals surface area contributed by atoms with Gasteiger partial charge in [-0.25, -0.2) is 0 Å². The molecule has 2 rings (SSSR count). The standard InChI is InChI=1S/C9H9ClN2O2/c1-5-8(10)7(12(13)14)4-11-9(5)6-2-3-6/h4,6H,2-3H2,1H3. The lowest BCUT2D eigenvalue weighted by molar-refractivity contribution is -0.385. The molecule has 5 heteroatoms. The lowest BCUT2D eigenvalue weighted by Crippen LogP contribution is -1.97. The second-order valence-electron chi connectivity index (χ2n) is 3.50. The molecular formula is C9H9ClN2O2. The summed E-state index contributed by atoms with van der Waals surface area (Å²) in [6, 6.07) is 0. The highest BCUT2D eigenvalue weighted by atomic mass is 35.5. The highest BCUT2D eigenvalue weighted by Crippen LogP contribution is 2.43. The van der Waals surface area contributed by atoms with Crippen molar-refractivity contribution in [3.05, 3.63) is 32.6 Å². The van der Waals surface area contributed by atoms with Crippen molar-refractivity contribution in [3.63, 3.8) is 0 Å². The monoisotopic (exact) mass is 212 g/mol. The summed E-state index contributed by atoms with van der Waals surface area (Å²) in [6.07, 6.45) is 3.48. The van der Waals surface area contributed by atoms with E-state index >= 15 is 0 Å². The molecule has 0 spiro atoms. The summed E-state index contributed by atoms with van der Waals surface area (Å²) >= 11 is 5.88. The second kappa shape index (κ2) is 3.20. The van der Waals surface area contributed by atoms with E-state index in [9.17, 15) is 10.1 Å². The van der Waals surface area contributed by atoms with Gasteiger partial charge < -0.3 is 0 Å². The Bertz CT molecular complexity index is 402. The van der Waals surface area contributed by atoms with Gasteiger partial charge >= 0.3 is 5.69 Å². The summed E-state index contributed by atoms with van der Waals surface area (Å²) in [5.41, 5.74) is 1.57. The number of aromatic nitrogens is 1. The highest BCUT2D eigenvalue weighted by molar-refractivity contribution is 6.33. The fourth-order valence-electron chi connectivity index (χ4n) is 1.48. The topological polar surface area (TPSA) is 56.0 Å². The molecule has 0 amide bonds. The average molecular weight is 213 g/mol. The molecule has 4 nitrogen and oxygen atoms in total. The maximum Gasteiger partial charge on any atom is 0.306 e. The van der Waals surface area contributed by atoms with Crippen LogP contribution in [0.2, 0.25) is 5.02 Å². The quantitative estimate of drug-likeness (QED) is 0.560. The molecule has 0 atom stereocenters. The molecule has 0 aliphatic heterocycles. The van der Waals surface area contributed by atoms with Gasteiger partial charge in [0.1, 0.15) is 11.2 Å². The first-order chi connectivity index (χ1) is 6.61. The van der Waals surface area contributed by atoms with E-state index in [0.717, 1.165) is 24.1 Å². The van der Waals surface area contributed by atoms with E-state index in [1.807, 2.05) is 0 Å². The number of nitro groups is 1. The van der Waals surface area contributed by atoms with Crippen LogP contribution in [0.15, 0.2) is 6.20 Å². The first-order valence-corrected chi connectivity index (χ1v) is 4.78. The minimum absolute atomic E-state index is 0.103. The van der Waals surface area contributed by atoms with Gasteiger partial charge in [0.25, 0.3) is 0 Å². The van der Waals surface area contributed by atoms with Crippen molar-refractivity contribution >= 4 is 17.3 Å². The lowest BCUT2D eigenvalue weighted by Gasteiger charge is -2.04. The highest BCUT2D eigenvalue weighted by Gasteiger charge is 2.29. The molecule has 1 aromatic rings. The molecule has 0 aromatic carbocycles. The van der Waals surface area contributed by atoms with Crippen molar-refractivity contribution in [2.45, 2.75) is 25.7 Å². The van der Waals surface area contributed by atoms with Gasteiger partial charge in [-0.3, -0.25) is 15.1 Å². The Labute approximate surface area is 86.1 Å². The molecule has 74 valence electrons. The molecule has 1 aliphatic carbocycles. The van der Waals surface area contributed by atoms with Gasteiger partial charge in [-0.2, -0.15) is 0 Å². The molecule has 0 N–H and O–H groups in total. The van der Waals surface area contributed by atoms with Crippen LogP contribution in [-0.2, 0) is 0 Å². The minimum atomic E-state index is -0.501. The van der Waals surface area contributed by atoms with E-state index in [1.165, 1.54) is 6.20 Å². The van der Waals surface area contributed by atoms with Gasteiger partial charge in [-0.1, -0.05) is 11.6 Å². The molecule has 1 aliphatic rings. The van der Waals surface area contributed by atoms with E-state index in [1.54, 1.807) is 6.92 Å². The molecule has 0 saturated heterocycles. The fourth-order valence-corrected chi connectivity index (χ4v) is 1.70. The smallest absolute Gasteiger partial charge is 0.258 e. The Morgan fingerprint density at radius 3 is 2.79 bits per heavy atom. The summed E-state index contributed by atoms with van der Waals surface area (Å²) in [4.78, 5) is 14.1. The summed E-state index contributed by atoms with van der Waals surface area (Å²) in [5, 5.41) is 10.8. The van der Waals surface area contributed by atoms with Crippen LogP contribution < -0.4 is 0 Å². The summed E-state index contributed by atoms with van der Waals surface area (Å²) < 4.78 is 0. The number of halogens is 1. The number of hydrogen-bond donors (Lipinski definition) is 0. The SMILES string of the molecule is Cc1c(C2CC2)ncc([N+](=O)[O-])c1Cl. The van der Waals surface area contributed by atoms with Crippen molar-refractivity contribution in [1.29, 1.82) is 0 Å². The molecule has 0 unspecified atom stereocenters. The zero-order chi connectivity index (χ0) is 10.3. The second-order valence-corrected chi connectivity index (χ2v) is 3.88. The average Bonchev–Trinajstić information content (AvgIpc) is 2.92. The zero-order valence-electron chi connectivity index (χ0n) is 7.66. The third kappa shape index (κ3) is 1.46. The predicted octanol–water partition coefficient (Wildman–Crippen LogP) is 2.83. The molecular weight excluding hydrogens is 204 g/mol. The van der Waals surface area contributed by atoms with Crippen molar-refractivity contribution < 1.29 is 4.92 Å². The summed E-state index contributed by atoms with van der Waals surface area (Å²) in [7, 11) is 0. The first kappa shape index (κ1) is 9.40. The Hall–Kier alpha value is -1.16. The van der Waals surface area contributed by atoms with E-state index in [0.29, 0.717) is 5.92 Å². The summed E-state index contributed by atoms with van der Waals surface area (Å²) in [5.74, 6) is 0.466. The maximum atomic E-state index is 10.6. The van der Waals surface area contributed by atoms with Gasteiger partial charge in [-0.05, 0) is 25.3 Å². The van der Waals surface area contributed by atoms with Gasteiger partial charge in [0.15, 0.2) is 0 Å². The van der Waals surface area contributed by atoms with Crippen LogP contribution in [0.1, 0.15) is 30.0 Å². The van der Waals surface area contributed by atoms with Gasteiger partial charge in [0.05, 0.1) is 4.92 Å². The Kier molecular flexibility index (Phi) is 2.15. The van der Waals surface area contributed by atoms with Crippen molar-refractivity contribution in [2.75, 3.05) is 0 Å². The molecule has 1 saturated carbocycles. The molecule has 0 radical (unpaired) electrons. The molecule has 1 fully saturated rings. The molecule has 1 aromatic heterocycles. The van der Waals surface area contributed by atoms with E-state index in [2.05, 4.69) is 4.98 Å². The predicted molar refractivity (Wildman–Crippen MR) is 52.6 cm³/mol. The lowest BCUT2D eigenvalue weighted by atomic mass is 10.1. The maximum absolute atomic E-state index is 10.6. The third-order valence-electron chi connectivity index (χ3n) is 2.42. The van der Waals surface area contributed by atoms with Crippen molar-refractivity contribution in [2.24, 2.45) is 0 Å². The van der Waals surface area contributed by atoms with E-state index in [4.69, 9.17) is 11.6 Å². The van der Waals surface area contributed by atoms with Crippen molar-refractivity contribution in [3.8, 4) is 0 Å². The molecule has 0 bridgehead atoms. The first-order valence-electron chi connectivity index (χ1n) is 4.40. The van der Waals surface area contributed by atoms with Crippen LogP contribution >= 0.6 is 11.6 Å². The molecule has 1 heterocycles. The minimum Gasteiger partial charge on any atom is -0.258 e. The summed E-state index contributed by atoms with van der Waals surface area (Å²) in [6.45, 7) is 1.79. The Morgan fingerprint density at radius 1 is 1.64 bits per heavy atom. The number of nitrogens with zero attached hydrogens (tertiary/aromatic N) is 2. The molecule has 14 heavy (non-hydrogen) atoms. The van der Waals surface area contributed by atoms with Crippen LogP contribution in [0.25, 0.3) is 0 Å². The van der Waals surface area contributed by atoms with E-state index in [-0.39, 0.29) is 10.7 Å². The Morgan fingerprint density at radius 2 is 2.29 bits per heavy atom. The van der Waals surface area contributed by atoms with Crippen LogP contribution in [0.4, 0.5) is 5.69 Å². The fraction of sp³-hybridized carbons (Fsp3) is 0.444. The van der Waals surface area contributed by atoms with Crippen LogP contribution in [0, 0.1) is 17.0 Å².